The summed E-state index contributed by atoms with van der Waals surface area (Å²) in [5.74, 6) is 1.16. The highest BCUT2D eigenvalue weighted by Gasteiger charge is 2.14. The highest BCUT2D eigenvalue weighted by atomic mass is 16.1. The Morgan fingerprint density at radius 2 is 2.12 bits per heavy atom. The molecule has 2 N–H and O–H groups in total. The molecule has 1 aromatic heterocycles. The minimum atomic E-state index is -0.0431. The van der Waals surface area contributed by atoms with Gasteiger partial charge < -0.3 is 5.73 Å². The predicted molar refractivity (Wildman–Crippen MR) is 61.3 cm³/mol. The van der Waals surface area contributed by atoms with E-state index >= 15 is 0 Å². The predicted octanol–water partition coefficient (Wildman–Crippen LogP) is 0.267. The summed E-state index contributed by atoms with van der Waals surface area (Å²) in [5, 5.41) is 0.626. The zero-order valence-electron chi connectivity index (χ0n) is 8.55. The average molecular weight is 214 g/mol. The van der Waals surface area contributed by atoms with Crippen molar-refractivity contribution in [3.05, 3.63) is 40.4 Å². The number of aromatic nitrogens is 2. The van der Waals surface area contributed by atoms with Gasteiger partial charge in [0.1, 0.15) is 11.7 Å². The van der Waals surface area contributed by atoms with Crippen LogP contribution >= 0.6 is 0 Å². The molecular weight excluding hydrogens is 204 g/mol. The van der Waals surface area contributed by atoms with Crippen LogP contribution in [0.2, 0.25) is 0 Å². The zero-order chi connectivity index (χ0) is 11.1. The van der Waals surface area contributed by atoms with Gasteiger partial charge in [0.05, 0.1) is 24.0 Å². The molecular formula is C11H10N4O. The van der Waals surface area contributed by atoms with Crippen molar-refractivity contribution >= 4 is 16.7 Å². The second-order valence-electron chi connectivity index (χ2n) is 3.74. The molecule has 1 aromatic carbocycles. The van der Waals surface area contributed by atoms with E-state index in [0.717, 1.165) is 5.52 Å². The number of nitrogens with zero attached hydrogens (tertiary/aromatic N) is 3. The highest BCUT2D eigenvalue weighted by Crippen LogP contribution is 2.10. The van der Waals surface area contributed by atoms with Crippen molar-refractivity contribution in [1.82, 2.24) is 9.55 Å². The normalized spacial score (nSPS) is 14.6. The van der Waals surface area contributed by atoms with E-state index in [1.165, 1.54) is 0 Å². The second kappa shape index (κ2) is 3.16. The Morgan fingerprint density at radius 3 is 3.00 bits per heavy atom. The lowest BCUT2D eigenvalue weighted by Gasteiger charge is -2.15. The molecule has 0 atom stereocenters. The molecule has 2 aromatic rings. The smallest absolute Gasteiger partial charge is 0.261 e. The number of rotatable bonds is 0. The monoisotopic (exact) mass is 214 g/mol. The molecule has 0 amide bonds. The van der Waals surface area contributed by atoms with E-state index in [-0.39, 0.29) is 5.56 Å². The van der Waals surface area contributed by atoms with Gasteiger partial charge in [0, 0.05) is 0 Å². The van der Waals surface area contributed by atoms with Crippen LogP contribution in [0.3, 0.4) is 0 Å². The Morgan fingerprint density at radius 1 is 1.31 bits per heavy atom. The molecule has 16 heavy (non-hydrogen) atoms. The van der Waals surface area contributed by atoms with E-state index in [4.69, 9.17) is 5.73 Å². The highest BCUT2D eigenvalue weighted by molar-refractivity contribution is 5.82. The van der Waals surface area contributed by atoms with Crippen LogP contribution in [-0.4, -0.2) is 15.4 Å². The molecule has 5 heteroatoms. The van der Waals surface area contributed by atoms with Gasteiger partial charge in [-0.25, -0.2) is 4.98 Å². The van der Waals surface area contributed by atoms with Gasteiger partial charge in [-0.2, -0.15) is 0 Å². The summed E-state index contributed by atoms with van der Waals surface area (Å²) >= 11 is 0. The van der Waals surface area contributed by atoms with Crippen LogP contribution in [0.4, 0.5) is 0 Å². The summed E-state index contributed by atoms with van der Waals surface area (Å²) in [6.07, 6.45) is 0. The molecule has 0 spiro atoms. The summed E-state index contributed by atoms with van der Waals surface area (Å²) in [5.41, 5.74) is 6.30. The Kier molecular flexibility index (Phi) is 1.80. The van der Waals surface area contributed by atoms with Gasteiger partial charge in [0.15, 0.2) is 0 Å². The largest absolute Gasteiger partial charge is 0.386 e. The molecule has 0 radical (unpaired) electrons. The van der Waals surface area contributed by atoms with Crippen molar-refractivity contribution in [1.29, 1.82) is 0 Å². The standard InChI is InChI=1S/C11H10N4O/c12-9-6-15-10(5-13-9)14-8-4-2-1-3-7(8)11(15)16/h1-4H,5-6H2,(H2,12,13). The SMILES string of the molecule is NC1=NCc2nc3ccccc3c(=O)n2C1. The lowest BCUT2D eigenvalue weighted by atomic mass is 10.2. The van der Waals surface area contributed by atoms with Gasteiger partial charge in [-0.05, 0) is 12.1 Å². The van der Waals surface area contributed by atoms with Gasteiger partial charge in [-0.15, -0.1) is 0 Å². The molecule has 3 rings (SSSR count). The topological polar surface area (TPSA) is 73.3 Å². The summed E-state index contributed by atoms with van der Waals surface area (Å²) in [6, 6.07) is 7.31. The first-order valence-electron chi connectivity index (χ1n) is 5.03. The number of hydrogen-bond donors (Lipinski definition) is 1. The fourth-order valence-electron chi connectivity index (χ4n) is 1.88. The Bertz CT molecular complexity index is 657. The third-order valence-electron chi connectivity index (χ3n) is 2.68. The fraction of sp³-hybridized carbons (Fsp3) is 0.182. The number of benzene rings is 1. The van der Waals surface area contributed by atoms with E-state index in [1.54, 1.807) is 10.6 Å². The van der Waals surface area contributed by atoms with E-state index < -0.39 is 0 Å². The molecule has 0 bridgehead atoms. The Labute approximate surface area is 91.2 Å². The molecule has 1 aliphatic rings. The molecule has 0 aliphatic carbocycles. The summed E-state index contributed by atoms with van der Waals surface area (Å²) in [7, 11) is 0. The number of para-hydroxylation sites is 1. The molecule has 0 saturated heterocycles. The van der Waals surface area contributed by atoms with E-state index in [1.807, 2.05) is 18.2 Å². The van der Waals surface area contributed by atoms with Crippen molar-refractivity contribution in [3.63, 3.8) is 0 Å². The van der Waals surface area contributed by atoms with Gasteiger partial charge in [0.2, 0.25) is 0 Å². The number of fused-ring (bicyclic) bond motifs is 2. The van der Waals surface area contributed by atoms with Crippen LogP contribution in [0.5, 0.6) is 0 Å². The molecule has 0 fully saturated rings. The summed E-state index contributed by atoms with van der Waals surface area (Å²) < 4.78 is 1.59. The number of nitrogens with two attached hydrogens (primary N) is 1. The van der Waals surface area contributed by atoms with Gasteiger partial charge in [-0.1, -0.05) is 12.1 Å². The number of aliphatic imine (C=N–C) groups is 1. The third-order valence-corrected chi connectivity index (χ3v) is 2.68. The molecule has 1 aliphatic heterocycles. The Hall–Kier alpha value is -2.17. The first kappa shape index (κ1) is 9.08. The van der Waals surface area contributed by atoms with E-state index in [9.17, 15) is 4.79 Å². The molecule has 0 unspecified atom stereocenters. The van der Waals surface area contributed by atoms with E-state index in [2.05, 4.69) is 9.98 Å². The number of amidine groups is 1. The van der Waals surface area contributed by atoms with Crippen LogP contribution in [0.15, 0.2) is 34.1 Å². The van der Waals surface area contributed by atoms with Crippen molar-refractivity contribution < 1.29 is 0 Å². The van der Waals surface area contributed by atoms with Crippen LogP contribution in [0.1, 0.15) is 5.82 Å². The Balaban J connectivity index is 2.37. The van der Waals surface area contributed by atoms with Crippen molar-refractivity contribution in [3.8, 4) is 0 Å². The molecule has 5 nitrogen and oxygen atoms in total. The average Bonchev–Trinajstić information content (AvgIpc) is 2.31. The second-order valence-corrected chi connectivity index (χ2v) is 3.74. The lowest BCUT2D eigenvalue weighted by Crippen LogP contribution is -2.34. The molecule has 2 heterocycles. The van der Waals surface area contributed by atoms with Gasteiger partial charge >= 0.3 is 0 Å². The third kappa shape index (κ3) is 1.21. The summed E-state index contributed by atoms with van der Waals surface area (Å²) in [6.45, 7) is 0.720. The van der Waals surface area contributed by atoms with Crippen LogP contribution in [0.25, 0.3) is 10.9 Å². The molecule has 0 saturated carbocycles. The van der Waals surface area contributed by atoms with Crippen LogP contribution in [-0.2, 0) is 13.1 Å². The maximum absolute atomic E-state index is 12.1. The summed E-state index contributed by atoms with van der Waals surface area (Å²) in [4.78, 5) is 20.6. The van der Waals surface area contributed by atoms with Gasteiger partial charge in [-0.3, -0.25) is 14.4 Å². The quantitative estimate of drug-likeness (QED) is 0.684. The first-order valence-corrected chi connectivity index (χ1v) is 5.03. The minimum Gasteiger partial charge on any atom is -0.386 e. The van der Waals surface area contributed by atoms with Gasteiger partial charge in [0.25, 0.3) is 5.56 Å². The van der Waals surface area contributed by atoms with Crippen LogP contribution in [0, 0.1) is 0 Å². The van der Waals surface area contributed by atoms with Crippen molar-refractivity contribution in [2.75, 3.05) is 0 Å². The maximum atomic E-state index is 12.1. The number of hydrogen-bond acceptors (Lipinski definition) is 4. The van der Waals surface area contributed by atoms with Crippen molar-refractivity contribution in [2.45, 2.75) is 13.1 Å². The fourth-order valence-corrected chi connectivity index (χ4v) is 1.88. The first-order chi connectivity index (χ1) is 7.75. The van der Waals surface area contributed by atoms with Crippen molar-refractivity contribution in [2.24, 2.45) is 10.7 Å². The van der Waals surface area contributed by atoms with Crippen LogP contribution < -0.4 is 11.3 Å². The minimum absolute atomic E-state index is 0.0431. The molecule has 80 valence electrons. The maximum Gasteiger partial charge on any atom is 0.261 e. The lowest BCUT2D eigenvalue weighted by molar-refractivity contribution is 0.676. The zero-order valence-corrected chi connectivity index (χ0v) is 8.55. The van der Waals surface area contributed by atoms with E-state index in [0.29, 0.717) is 30.1 Å².